The van der Waals surface area contributed by atoms with Crippen LogP contribution >= 0.6 is 0 Å². The zero-order valence-corrected chi connectivity index (χ0v) is 36.5. The average Bonchev–Trinajstić information content (AvgIpc) is 3.18. The number of hydrogen-bond donors (Lipinski definition) is 5. The molecular formula is C48H97NO5. The van der Waals surface area contributed by atoms with Gasteiger partial charge in [-0.3, -0.25) is 4.79 Å². The predicted molar refractivity (Wildman–Crippen MR) is 233 cm³/mol. The monoisotopic (exact) mass is 768 g/mol. The quantitative estimate of drug-likeness (QED) is 0.0396. The summed E-state index contributed by atoms with van der Waals surface area (Å²) in [4.78, 5) is 12.5. The molecule has 0 aromatic rings. The molecule has 6 nitrogen and oxygen atoms in total. The predicted octanol–water partition coefficient (Wildman–Crippen LogP) is 13.2. The zero-order chi connectivity index (χ0) is 39.6. The van der Waals surface area contributed by atoms with Crippen molar-refractivity contribution in [3.8, 4) is 0 Å². The molecule has 5 N–H and O–H groups in total. The second-order valence-corrected chi connectivity index (χ2v) is 17.2. The van der Waals surface area contributed by atoms with Crippen molar-refractivity contribution in [3.05, 3.63) is 0 Å². The van der Waals surface area contributed by atoms with Gasteiger partial charge in [-0.15, -0.1) is 0 Å². The molecule has 0 aliphatic carbocycles. The Morgan fingerprint density at radius 3 is 0.889 bits per heavy atom. The first-order chi connectivity index (χ1) is 26.5. The van der Waals surface area contributed by atoms with Crippen LogP contribution in [-0.4, -0.2) is 57.3 Å². The van der Waals surface area contributed by atoms with Gasteiger partial charge in [-0.1, -0.05) is 258 Å². The van der Waals surface area contributed by atoms with Crippen molar-refractivity contribution in [1.29, 1.82) is 0 Å². The number of amides is 1. The highest BCUT2D eigenvalue weighted by Gasteiger charge is 2.28. The second-order valence-electron chi connectivity index (χ2n) is 17.2. The molecule has 0 aromatic carbocycles. The van der Waals surface area contributed by atoms with Gasteiger partial charge in [-0.05, 0) is 12.8 Å². The first-order valence-corrected chi connectivity index (χ1v) is 24.4. The zero-order valence-electron chi connectivity index (χ0n) is 36.5. The minimum Gasteiger partial charge on any atom is -0.394 e. The number of aliphatic hydroxyl groups is 4. The maximum atomic E-state index is 12.5. The van der Waals surface area contributed by atoms with Gasteiger partial charge in [0.2, 0.25) is 5.91 Å². The maximum Gasteiger partial charge on any atom is 0.249 e. The van der Waals surface area contributed by atoms with E-state index in [4.69, 9.17) is 0 Å². The molecule has 1 amide bonds. The molecule has 0 rings (SSSR count). The van der Waals surface area contributed by atoms with Gasteiger partial charge in [-0.25, -0.2) is 0 Å². The number of hydrogen-bond acceptors (Lipinski definition) is 5. The van der Waals surface area contributed by atoms with E-state index in [0.29, 0.717) is 12.8 Å². The average molecular weight is 768 g/mol. The van der Waals surface area contributed by atoms with Crippen LogP contribution < -0.4 is 5.32 Å². The summed E-state index contributed by atoms with van der Waals surface area (Å²) >= 11 is 0. The van der Waals surface area contributed by atoms with Crippen molar-refractivity contribution < 1.29 is 25.2 Å². The van der Waals surface area contributed by atoms with Gasteiger partial charge in [0.25, 0.3) is 0 Å². The Morgan fingerprint density at radius 1 is 0.389 bits per heavy atom. The topological polar surface area (TPSA) is 110 Å². The van der Waals surface area contributed by atoms with Crippen molar-refractivity contribution in [2.24, 2.45) is 0 Å². The van der Waals surface area contributed by atoms with Crippen LogP contribution in [0.1, 0.15) is 271 Å². The summed E-state index contributed by atoms with van der Waals surface area (Å²) in [7, 11) is 0. The molecule has 0 fully saturated rings. The van der Waals surface area contributed by atoms with E-state index in [0.717, 1.165) is 38.5 Å². The largest absolute Gasteiger partial charge is 0.394 e. The van der Waals surface area contributed by atoms with E-state index in [1.165, 1.54) is 205 Å². The van der Waals surface area contributed by atoms with Crippen LogP contribution in [-0.2, 0) is 4.79 Å². The van der Waals surface area contributed by atoms with Gasteiger partial charge in [0.1, 0.15) is 12.2 Å². The Hall–Kier alpha value is -0.690. The van der Waals surface area contributed by atoms with Gasteiger partial charge in [0, 0.05) is 0 Å². The van der Waals surface area contributed by atoms with E-state index in [9.17, 15) is 25.2 Å². The van der Waals surface area contributed by atoms with Gasteiger partial charge in [-0.2, -0.15) is 0 Å². The van der Waals surface area contributed by atoms with E-state index in [-0.39, 0.29) is 0 Å². The maximum absolute atomic E-state index is 12.5. The molecule has 0 radical (unpaired) electrons. The van der Waals surface area contributed by atoms with E-state index < -0.39 is 36.9 Å². The summed E-state index contributed by atoms with van der Waals surface area (Å²) < 4.78 is 0. The van der Waals surface area contributed by atoms with Gasteiger partial charge in [0.05, 0.1) is 18.8 Å². The third-order valence-corrected chi connectivity index (χ3v) is 11.8. The van der Waals surface area contributed by atoms with Crippen molar-refractivity contribution in [2.75, 3.05) is 6.61 Å². The van der Waals surface area contributed by atoms with Crippen LogP contribution in [0.2, 0.25) is 0 Å². The number of nitrogens with one attached hydrogen (secondary N) is 1. The fourth-order valence-corrected chi connectivity index (χ4v) is 7.94. The molecule has 4 atom stereocenters. The summed E-state index contributed by atoms with van der Waals surface area (Å²) in [5.74, 6) is -0.580. The number of unbranched alkanes of at least 4 members (excludes halogenated alkanes) is 36. The molecule has 0 aliphatic heterocycles. The van der Waals surface area contributed by atoms with Crippen molar-refractivity contribution in [2.45, 2.75) is 295 Å². The lowest BCUT2D eigenvalue weighted by atomic mass is 9.99. The highest BCUT2D eigenvalue weighted by molar-refractivity contribution is 5.80. The first kappa shape index (κ1) is 53.3. The Bertz CT molecular complexity index is 736. The second kappa shape index (κ2) is 43.4. The third kappa shape index (κ3) is 36.9. The molecule has 0 spiro atoms. The van der Waals surface area contributed by atoms with Crippen LogP contribution in [0.25, 0.3) is 0 Å². The molecule has 0 aliphatic rings. The number of carbonyl (C=O) groups excluding carboxylic acids is 1. The summed E-state index contributed by atoms with van der Waals surface area (Å²) in [6.45, 7) is 4.06. The molecule has 6 heteroatoms. The highest BCUT2D eigenvalue weighted by atomic mass is 16.3. The normalized spacial score (nSPS) is 14.0. The molecule has 0 bridgehead atoms. The summed E-state index contributed by atoms with van der Waals surface area (Å²) in [5, 5.41) is 43.7. The lowest BCUT2D eigenvalue weighted by Gasteiger charge is -2.27. The fraction of sp³-hybridized carbons (Fsp3) is 0.979. The Balaban J connectivity index is 3.59. The fourth-order valence-electron chi connectivity index (χ4n) is 7.94. The van der Waals surface area contributed by atoms with Crippen LogP contribution in [0.3, 0.4) is 0 Å². The molecule has 4 unspecified atom stereocenters. The summed E-state index contributed by atoms with van der Waals surface area (Å²) in [6.07, 6.45) is 47.3. The van der Waals surface area contributed by atoms with E-state index in [2.05, 4.69) is 19.2 Å². The standard InChI is InChI=1S/C48H97NO5/c1-3-5-7-9-11-13-15-17-18-19-20-21-22-23-24-25-26-27-28-29-30-32-33-35-37-39-41-45(51)47(53)44(43-50)49-48(54)46(52)42-40-38-36-34-31-16-14-12-10-8-6-4-2/h44-47,50-53H,3-43H2,1-2H3,(H,49,54). The molecule has 0 aromatic heterocycles. The highest BCUT2D eigenvalue weighted by Crippen LogP contribution is 2.18. The molecule has 54 heavy (non-hydrogen) atoms. The van der Waals surface area contributed by atoms with Gasteiger partial charge >= 0.3 is 0 Å². The van der Waals surface area contributed by atoms with E-state index in [1.807, 2.05) is 0 Å². The first-order valence-electron chi connectivity index (χ1n) is 24.4. The SMILES string of the molecule is CCCCCCCCCCCCCCCCCCCCCCCCCCCCC(O)C(O)C(CO)NC(=O)C(O)CCCCCCCCCCCCCC. The van der Waals surface area contributed by atoms with Crippen molar-refractivity contribution >= 4 is 5.91 Å². The van der Waals surface area contributed by atoms with E-state index in [1.54, 1.807) is 0 Å². The van der Waals surface area contributed by atoms with Gasteiger partial charge < -0.3 is 25.7 Å². The third-order valence-electron chi connectivity index (χ3n) is 11.8. The Labute approximate surface area is 337 Å². The van der Waals surface area contributed by atoms with E-state index >= 15 is 0 Å². The number of rotatable bonds is 45. The van der Waals surface area contributed by atoms with Crippen LogP contribution in [0.4, 0.5) is 0 Å². The number of aliphatic hydroxyl groups excluding tert-OH is 4. The molecule has 0 saturated carbocycles. The summed E-state index contributed by atoms with van der Waals surface area (Å²) in [6, 6.07) is -0.979. The van der Waals surface area contributed by atoms with Crippen LogP contribution in [0, 0.1) is 0 Å². The van der Waals surface area contributed by atoms with Crippen molar-refractivity contribution in [3.63, 3.8) is 0 Å². The minimum atomic E-state index is -1.25. The van der Waals surface area contributed by atoms with Crippen LogP contribution in [0.15, 0.2) is 0 Å². The Morgan fingerprint density at radius 2 is 0.630 bits per heavy atom. The van der Waals surface area contributed by atoms with Crippen LogP contribution in [0.5, 0.6) is 0 Å². The lowest BCUT2D eigenvalue weighted by Crippen LogP contribution is -2.53. The Kier molecular flexibility index (Phi) is 42.9. The van der Waals surface area contributed by atoms with Gasteiger partial charge in [0.15, 0.2) is 0 Å². The molecule has 0 saturated heterocycles. The minimum absolute atomic E-state index is 0.375. The van der Waals surface area contributed by atoms with Crippen molar-refractivity contribution in [1.82, 2.24) is 5.32 Å². The molecule has 324 valence electrons. The summed E-state index contributed by atoms with van der Waals surface area (Å²) in [5.41, 5.74) is 0. The molecular weight excluding hydrogens is 671 g/mol. The lowest BCUT2D eigenvalue weighted by molar-refractivity contribution is -0.132. The smallest absolute Gasteiger partial charge is 0.249 e. The number of carbonyl (C=O) groups is 1. The molecule has 0 heterocycles.